The van der Waals surface area contributed by atoms with Gasteiger partial charge in [0.05, 0.1) is 0 Å². The third-order valence-electron chi connectivity index (χ3n) is 4.78. The number of aromatic carboxylic acids is 1. The van der Waals surface area contributed by atoms with Crippen molar-refractivity contribution in [2.75, 3.05) is 5.75 Å². The Hall–Kier alpha value is -1.62. The van der Waals surface area contributed by atoms with Crippen molar-refractivity contribution in [1.82, 2.24) is 4.98 Å². The zero-order chi connectivity index (χ0) is 21.4. The number of carbonyl (C=O) groups is 2. The van der Waals surface area contributed by atoms with Crippen molar-refractivity contribution in [3.63, 3.8) is 0 Å². The van der Waals surface area contributed by atoms with Crippen LogP contribution in [0.2, 0.25) is 0 Å². The average molecular weight is 436 g/mol. The Kier molecular flexibility index (Phi) is 8.94. The first kappa shape index (κ1) is 23.7. The van der Waals surface area contributed by atoms with E-state index >= 15 is 0 Å². The van der Waals surface area contributed by atoms with Gasteiger partial charge in [-0.15, -0.1) is 17.3 Å². The zero-order valence-corrected chi connectivity index (χ0v) is 18.8. The molecule has 0 spiro atoms. The number of hydrogen-bond acceptors (Lipinski definition) is 6. The fraction of sp³-hybridized carbons (Fsp3) is 0.591. The Morgan fingerprint density at radius 3 is 2.93 bits per heavy atom. The van der Waals surface area contributed by atoms with Gasteiger partial charge in [0, 0.05) is 36.3 Å². The Morgan fingerprint density at radius 2 is 2.28 bits per heavy atom. The number of hydrogen-bond donors (Lipinski definition) is 2. The molecular formula is C22H29NO4S2. The molecule has 2 N–H and O–H groups in total. The summed E-state index contributed by atoms with van der Waals surface area (Å²) in [5, 5.41) is 20.9. The van der Waals surface area contributed by atoms with Crippen LogP contribution in [0.1, 0.15) is 63.4 Å². The van der Waals surface area contributed by atoms with E-state index < -0.39 is 11.6 Å². The van der Waals surface area contributed by atoms with Crippen LogP contribution in [-0.2, 0) is 4.79 Å². The number of Topliss-reactive ketones (excluding diaryl/α,β-unsaturated/α-hetero) is 1. The Balaban J connectivity index is 1.84. The molecule has 0 unspecified atom stereocenters. The Morgan fingerprint density at radius 1 is 1.52 bits per heavy atom. The molecule has 1 aromatic rings. The number of ketones is 1. The molecule has 0 saturated heterocycles. The fourth-order valence-corrected chi connectivity index (χ4v) is 5.10. The number of allylic oxidation sites excluding steroid dienone is 1. The maximum absolute atomic E-state index is 12.3. The van der Waals surface area contributed by atoms with E-state index in [9.17, 15) is 14.7 Å². The van der Waals surface area contributed by atoms with E-state index in [0.717, 1.165) is 29.4 Å². The molecule has 1 saturated carbocycles. The number of thiazole rings is 1. The lowest BCUT2D eigenvalue weighted by atomic mass is 9.91. The second kappa shape index (κ2) is 11.0. The topological polar surface area (TPSA) is 87.5 Å². The van der Waals surface area contributed by atoms with Crippen molar-refractivity contribution in [1.29, 1.82) is 0 Å². The van der Waals surface area contributed by atoms with E-state index in [4.69, 9.17) is 5.11 Å². The summed E-state index contributed by atoms with van der Waals surface area (Å²) in [7, 11) is 0. The first-order valence-electron chi connectivity index (χ1n) is 9.91. The molecule has 1 fully saturated rings. The van der Waals surface area contributed by atoms with E-state index in [1.165, 1.54) is 28.5 Å². The molecule has 2 rings (SSSR count). The third-order valence-corrected chi connectivity index (χ3v) is 6.83. The molecule has 1 heterocycles. The van der Waals surface area contributed by atoms with Gasteiger partial charge in [-0.1, -0.05) is 43.7 Å². The van der Waals surface area contributed by atoms with Crippen molar-refractivity contribution in [3.8, 4) is 11.8 Å². The van der Waals surface area contributed by atoms with E-state index in [-0.39, 0.29) is 23.3 Å². The van der Waals surface area contributed by atoms with Crippen LogP contribution < -0.4 is 0 Å². The number of aromatic nitrogens is 1. The Labute approximate surface area is 181 Å². The second-order valence-electron chi connectivity index (χ2n) is 8.02. The summed E-state index contributed by atoms with van der Waals surface area (Å²) in [6, 6.07) is 0. The molecule has 0 bridgehead atoms. The molecule has 0 radical (unpaired) electrons. The Bertz CT molecular complexity index is 801. The van der Waals surface area contributed by atoms with Gasteiger partial charge in [-0.05, 0) is 31.6 Å². The highest BCUT2D eigenvalue weighted by Crippen LogP contribution is 2.35. The monoisotopic (exact) mass is 435 g/mol. The lowest BCUT2D eigenvalue weighted by Gasteiger charge is -2.16. The van der Waals surface area contributed by atoms with Crippen LogP contribution in [-0.4, -0.2) is 38.3 Å². The molecule has 1 aromatic heterocycles. The highest BCUT2D eigenvalue weighted by Gasteiger charge is 2.32. The third kappa shape index (κ3) is 7.96. The molecule has 1 aliphatic rings. The summed E-state index contributed by atoms with van der Waals surface area (Å²) < 4.78 is 0.718. The lowest BCUT2D eigenvalue weighted by molar-refractivity contribution is -0.121. The molecule has 7 heteroatoms. The predicted molar refractivity (Wildman–Crippen MR) is 117 cm³/mol. The molecule has 0 amide bonds. The predicted octanol–water partition coefficient (Wildman–Crippen LogP) is 4.67. The number of nitrogens with zero attached hydrogens (tertiary/aromatic N) is 1. The van der Waals surface area contributed by atoms with Gasteiger partial charge in [0.25, 0.3) is 0 Å². The summed E-state index contributed by atoms with van der Waals surface area (Å²) in [6.45, 7) is 5.91. The van der Waals surface area contributed by atoms with E-state index in [2.05, 4.69) is 36.7 Å². The van der Waals surface area contributed by atoms with Crippen molar-refractivity contribution in [3.05, 3.63) is 23.2 Å². The van der Waals surface area contributed by atoms with Crippen LogP contribution in [0.5, 0.6) is 0 Å². The molecule has 1 aliphatic carbocycles. The normalized spacial score (nSPS) is 21.3. The van der Waals surface area contributed by atoms with Gasteiger partial charge in [-0.3, -0.25) is 4.79 Å². The van der Waals surface area contributed by atoms with Crippen LogP contribution in [0.15, 0.2) is 21.9 Å². The van der Waals surface area contributed by atoms with Crippen LogP contribution in [0.3, 0.4) is 0 Å². The standard InChI is InChI=1S/C22H29NO4S2/c1-15(2)6-4-11-22(3,27)12-5-7-16-8-9-19(24)17(16)10-13-28-21-23-18(14-29-21)20(25)26/h5,7,14-17,27H,6,8-10,12-13H2,1-3H3,(H,25,26)/b7-5+/t16-,17-,22+/m1/s1. The van der Waals surface area contributed by atoms with Crippen molar-refractivity contribution < 1.29 is 19.8 Å². The van der Waals surface area contributed by atoms with Gasteiger partial charge >= 0.3 is 5.97 Å². The summed E-state index contributed by atoms with van der Waals surface area (Å²) in [4.78, 5) is 27.2. The smallest absolute Gasteiger partial charge is 0.355 e. The second-order valence-corrected chi connectivity index (χ2v) is 10.2. The van der Waals surface area contributed by atoms with E-state index in [0.29, 0.717) is 18.8 Å². The van der Waals surface area contributed by atoms with E-state index in [1.807, 2.05) is 6.08 Å². The minimum atomic E-state index is -1.05. The fourth-order valence-electron chi connectivity index (χ4n) is 3.20. The first-order chi connectivity index (χ1) is 13.7. The van der Waals surface area contributed by atoms with Gasteiger partial charge in [0.1, 0.15) is 11.4 Å². The number of carbonyl (C=O) groups excluding carboxylic acids is 1. The first-order valence-corrected chi connectivity index (χ1v) is 11.8. The number of aliphatic hydroxyl groups is 1. The maximum atomic E-state index is 12.3. The van der Waals surface area contributed by atoms with Crippen molar-refractivity contribution >= 4 is 34.9 Å². The minimum absolute atomic E-state index is 0.0189. The molecule has 29 heavy (non-hydrogen) atoms. The molecule has 0 aliphatic heterocycles. The average Bonchev–Trinajstić information content (AvgIpc) is 3.23. The van der Waals surface area contributed by atoms with Crippen LogP contribution >= 0.6 is 23.1 Å². The van der Waals surface area contributed by atoms with Gasteiger partial charge in [0.2, 0.25) is 0 Å². The highest BCUT2D eigenvalue weighted by molar-refractivity contribution is 8.01. The largest absolute Gasteiger partial charge is 0.476 e. The van der Waals surface area contributed by atoms with Crippen LogP contribution in [0.4, 0.5) is 0 Å². The molecule has 3 atom stereocenters. The van der Waals surface area contributed by atoms with Gasteiger partial charge in [0.15, 0.2) is 10.0 Å². The highest BCUT2D eigenvalue weighted by atomic mass is 32.2. The number of carboxylic acids is 1. The van der Waals surface area contributed by atoms with Gasteiger partial charge < -0.3 is 10.2 Å². The summed E-state index contributed by atoms with van der Waals surface area (Å²) in [5.74, 6) is 6.62. The zero-order valence-electron chi connectivity index (χ0n) is 17.2. The van der Waals surface area contributed by atoms with Crippen LogP contribution in [0.25, 0.3) is 0 Å². The summed E-state index contributed by atoms with van der Waals surface area (Å²) >= 11 is 2.82. The molecule has 0 aromatic carbocycles. The number of thioether (sulfide) groups is 1. The van der Waals surface area contributed by atoms with Crippen LogP contribution in [0, 0.1) is 29.6 Å². The molecular weight excluding hydrogens is 406 g/mol. The van der Waals surface area contributed by atoms with Gasteiger partial charge in [-0.2, -0.15) is 0 Å². The quantitative estimate of drug-likeness (QED) is 0.333. The number of carboxylic acid groups (broad SMARTS) is 1. The van der Waals surface area contributed by atoms with E-state index in [1.54, 1.807) is 6.92 Å². The minimum Gasteiger partial charge on any atom is -0.476 e. The molecule has 5 nitrogen and oxygen atoms in total. The summed E-state index contributed by atoms with van der Waals surface area (Å²) in [5.41, 5.74) is -0.981. The van der Waals surface area contributed by atoms with Crippen molar-refractivity contribution in [2.24, 2.45) is 17.8 Å². The maximum Gasteiger partial charge on any atom is 0.355 e. The number of rotatable bonds is 9. The molecule has 158 valence electrons. The van der Waals surface area contributed by atoms with Gasteiger partial charge in [-0.25, -0.2) is 9.78 Å². The lowest BCUT2D eigenvalue weighted by Crippen LogP contribution is -2.20. The summed E-state index contributed by atoms with van der Waals surface area (Å²) in [6.07, 6.45) is 7.40. The van der Waals surface area contributed by atoms with Crippen molar-refractivity contribution in [2.45, 2.75) is 62.8 Å². The SMILES string of the molecule is CC(C)CC#C[C@](C)(O)C/C=C/[C@@H]1CCC(=O)[C@@H]1CCSc1nc(C(=O)O)cs1.